The molecular formula is C28H27F6N7. The van der Waals surface area contributed by atoms with Gasteiger partial charge in [0, 0.05) is 43.3 Å². The van der Waals surface area contributed by atoms with Crippen LogP contribution in [0.2, 0.25) is 0 Å². The zero-order chi connectivity index (χ0) is 28.9. The highest BCUT2D eigenvalue weighted by molar-refractivity contribution is 5.84. The molecule has 0 atom stereocenters. The molecule has 0 unspecified atom stereocenters. The van der Waals surface area contributed by atoms with Crippen LogP contribution >= 0.6 is 0 Å². The molecule has 2 aromatic heterocycles. The van der Waals surface area contributed by atoms with Crippen LogP contribution in [-0.4, -0.2) is 42.6 Å². The summed E-state index contributed by atoms with van der Waals surface area (Å²) < 4.78 is 81.3. The monoisotopic (exact) mass is 575 g/mol. The number of rotatable bonds is 9. The number of nitrogens with one attached hydrogen (secondary N) is 1. The number of pyridine rings is 1. The minimum Gasteiger partial charge on any atom is -0.329 e. The van der Waals surface area contributed by atoms with Gasteiger partial charge in [-0.2, -0.15) is 31.6 Å². The Hall–Kier alpha value is -3.74. The number of aryl methyl sites for hydroxylation is 1. The Bertz CT molecular complexity index is 1500. The number of fused-ring (bicyclic) bond motifs is 1. The molecule has 0 saturated heterocycles. The average Bonchev–Trinajstić information content (AvgIpc) is 3.85. The summed E-state index contributed by atoms with van der Waals surface area (Å²) >= 11 is 0. The van der Waals surface area contributed by atoms with Crippen molar-refractivity contribution in [2.24, 2.45) is 0 Å². The molecule has 0 spiro atoms. The van der Waals surface area contributed by atoms with Gasteiger partial charge in [-0.15, -0.1) is 5.10 Å². The van der Waals surface area contributed by atoms with Gasteiger partial charge in [-0.05, 0) is 84.8 Å². The summed E-state index contributed by atoms with van der Waals surface area (Å²) in [6.07, 6.45) is -3.62. The fourth-order valence-corrected chi connectivity index (χ4v) is 5.30. The van der Waals surface area contributed by atoms with Crippen LogP contribution in [0, 0.1) is 6.92 Å². The van der Waals surface area contributed by atoms with Gasteiger partial charge >= 0.3 is 12.4 Å². The number of hydrogen-bond donors (Lipinski definition) is 1. The van der Waals surface area contributed by atoms with Gasteiger partial charge in [-0.1, -0.05) is 16.7 Å². The minimum absolute atomic E-state index is 0.0486. The number of tetrazole rings is 1. The number of halogens is 6. The average molecular weight is 576 g/mol. The lowest BCUT2D eigenvalue weighted by atomic mass is 10.00. The Morgan fingerprint density at radius 3 is 2.07 bits per heavy atom. The van der Waals surface area contributed by atoms with E-state index in [9.17, 15) is 26.3 Å². The summed E-state index contributed by atoms with van der Waals surface area (Å²) in [5.74, 6) is 0.0486. The Morgan fingerprint density at radius 1 is 0.854 bits per heavy atom. The minimum atomic E-state index is -4.95. The van der Waals surface area contributed by atoms with Crippen molar-refractivity contribution in [2.75, 3.05) is 4.90 Å². The summed E-state index contributed by atoms with van der Waals surface area (Å²) in [6, 6.07) is 8.62. The number of nitrogens with zero attached hydrogens (tertiary/aromatic N) is 6. The van der Waals surface area contributed by atoms with E-state index in [1.807, 2.05) is 19.1 Å². The molecule has 13 heteroatoms. The number of anilines is 1. The van der Waals surface area contributed by atoms with E-state index in [0.29, 0.717) is 18.6 Å². The van der Waals surface area contributed by atoms with Crippen LogP contribution in [0.3, 0.4) is 0 Å². The maximum atomic E-state index is 13.6. The third-order valence-corrected chi connectivity index (χ3v) is 7.60. The first-order chi connectivity index (χ1) is 19.5. The Kier molecular flexibility index (Phi) is 6.87. The van der Waals surface area contributed by atoms with Gasteiger partial charge < -0.3 is 4.90 Å². The molecule has 0 bridgehead atoms. The predicted molar refractivity (Wildman–Crippen MR) is 139 cm³/mol. The first kappa shape index (κ1) is 27.4. The van der Waals surface area contributed by atoms with E-state index < -0.39 is 23.5 Å². The van der Waals surface area contributed by atoms with Crippen LogP contribution in [0.5, 0.6) is 0 Å². The van der Waals surface area contributed by atoms with E-state index in [2.05, 4.69) is 36.6 Å². The van der Waals surface area contributed by atoms with Crippen molar-refractivity contribution in [3.05, 3.63) is 76.0 Å². The van der Waals surface area contributed by atoms with Gasteiger partial charge in [0.1, 0.15) is 0 Å². The largest absolute Gasteiger partial charge is 0.416 e. The number of benzene rings is 2. The Morgan fingerprint density at radius 2 is 1.51 bits per heavy atom. The normalized spacial score (nSPS) is 16.1. The third-order valence-electron chi connectivity index (χ3n) is 7.60. The van der Waals surface area contributed by atoms with Crippen LogP contribution in [0.4, 0.5) is 32.3 Å². The lowest BCUT2D eigenvalue weighted by Gasteiger charge is -2.27. The molecule has 2 heterocycles. The van der Waals surface area contributed by atoms with Crippen molar-refractivity contribution in [2.45, 2.75) is 76.7 Å². The van der Waals surface area contributed by atoms with Crippen LogP contribution in [0.25, 0.3) is 10.9 Å². The predicted octanol–water partition coefficient (Wildman–Crippen LogP) is 6.43. The SMILES string of the molecule is Cc1ccc2ncc(CN(Cc3cc(C(F)(F)F)cc(C(F)(F)F)c3)c3nn[nH]n3)c(CN(C3CC3)C3CC3)c2c1. The molecule has 216 valence electrons. The number of aromatic amines is 1. The molecule has 0 radical (unpaired) electrons. The highest BCUT2D eigenvalue weighted by Gasteiger charge is 2.40. The smallest absolute Gasteiger partial charge is 0.329 e. The van der Waals surface area contributed by atoms with Crippen LogP contribution in [0.1, 0.15) is 59.1 Å². The zero-order valence-electron chi connectivity index (χ0n) is 22.1. The van der Waals surface area contributed by atoms with E-state index in [0.717, 1.165) is 65.4 Å². The van der Waals surface area contributed by atoms with Crippen LogP contribution in [0.15, 0.2) is 42.6 Å². The van der Waals surface area contributed by atoms with E-state index >= 15 is 0 Å². The van der Waals surface area contributed by atoms with Gasteiger partial charge in [-0.25, -0.2) is 0 Å². The molecule has 0 amide bonds. The Labute approximate surface area is 231 Å². The molecule has 0 aliphatic heterocycles. The molecule has 2 saturated carbocycles. The molecule has 6 rings (SSSR count). The number of alkyl halides is 6. The molecule has 2 aliphatic rings. The number of H-pyrrole nitrogens is 1. The molecule has 2 fully saturated rings. The molecule has 1 N–H and O–H groups in total. The standard InChI is InChI=1S/C28H27F6N7/c1-16-2-7-25-23(8-16)24(15-41(21-3-4-21)22-5-6-22)18(12-35-25)14-40(26-36-38-39-37-26)13-17-9-19(27(29,30)31)11-20(10-17)28(32,33)34/h2,7-12,21-22H,3-6,13-15H2,1H3,(H,36,37,38,39). The Balaban J connectivity index is 1.40. The number of hydrogen-bond acceptors (Lipinski definition) is 6. The molecule has 41 heavy (non-hydrogen) atoms. The van der Waals surface area contributed by atoms with Crippen LogP contribution in [-0.2, 0) is 32.0 Å². The van der Waals surface area contributed by atoms with E-state index in [1.54, 1.807) is 6.20 Å². The molecule has 7 nitrogen and oxygen atoms in total. The van der Waals surface area contributed by atoms with Crippen molar-refractivity contribution < 1.29 is 26.3 Å². The van der Waals surface area contributed by atoms with Gasteiger partial charge in [0.15, 0.2) is 0 Å². The van der Waals surface area contributed by atoms with E-state index in [-0.39, 0.29) is 30.7 Å². The maximum absolute atomic E-state index is 13.6. The lowest BCUT2D eigenvalue weighted by molar-refractivity contribution is -0.143. The molecule has 4 aromatic rings. The fraction of sp³-hybridized carbons (Fsp3) is 0.429. The zero-order valence-corrected chi connectivity index (χ0v) is 22.1. The summed E-state index contributed by atoms with van der Waals surface area (Å²) in [7, 11) is 0. The van der Waals surface area contributed by atoms with Gasteiger partial charge in [0.05, 0.1) is 16.6 Å². The van der Waals surface area contributed by atoms with Gasteiger partial charge in [0.25, 0.3) is 5.95 Å². The van der Waals surface area contributed by atoms with Gasteiger partial charge in [-0.3, -0.25) is 9.88 Å². The molecule has 2 aliphatic carbocycles. The highest BCUT2D eigenvalue weighted by atomic mass is 19.4. The van der Waals surface area contributed by atoms with Crippen molar-refractivity contribution in [3.63, 3.8) is 0 Å². The van der Waals surface area contributed by atoms with E-state index in [4.69, 9.17) is 0 Å². The van der Waals surface area contributed by atoms with Crippen LogP contribution < -0.4 is 4.90 Å². The summed E-state index contributed by atoms with van der Waals surface area (Å²) in [5, 5.41) is 14.9. The fourth-order valence-electron chi connectivity index (χ4n) is 5.30. The van der Waals surface area contributed by atoms with E-state index in [1.165, 1.54) is 4.90 Å². The lowest BCUT2D eigenvalue weighted by Crippen LogP contribution is -2.30. The van der Waals surface area contributed by atoms with Crippen molar-refractivity contribution in [1.29, 1.82) is 0 Å². The summed E-state index contributed by atoms with van der Waals surface area (Å²) in [6.45, 7) is 2.46. The second-order valence-electron chi connectivity index (χ2n) is 10.9. The molecule has 2 aromatic carbocycles. The summed E-state index contributed by atoms with van der Waals surface area (Å²) in [5.41, 5.74) is 0.779. The second kappa shape index (κ2) is 10.3. The molecular weight excluding hydrogens is 548 g/mol. The summed E-state index contributed by atoms with van der Waals surface area (Å²) in [4.78, 5) is 8.67. The van der Waals surface area contributed by atoms with Crippen molar-refractivity contribution >= 4 is 16.9 Å². The van der Waals surface area contributed by atoms with Gasteiger partial charge in [0.2, 0.25) is 0 Å². The maximum Gasteiger partial charge on any atom is 0.416 e. The quantitative estimate of drug-likeness (QED) is 0.232. The topological polar surface area (TPSA) is 73.8 Å². The number of aromatic nitrogens is 5. The second-order valence-corrected chi connectivity index (χ2v) is 10.9. The first-order valence-corrected chi connectivity index (χ1v) is 13.4. The van der Waals surface area contributed by atoms with Crippen molar-refractivity contribution in [3.8, 4) is 0 Å². The van der Waals surface area contributed by atoms with Crippen molar-refractivity contribution in [1.82, 2.24) is 30.5 Å². The third kappa shape index (κ3) is 6.14. The first-order valence-electron chi connectivity index (χ1n) is 13.4. The highest BCUT2D eigenvalue weighted by Crippen LogP contribution is 2.40.